The predicted octanol–water partition coefficient (Wildman–Crippen LogP) is 0.0954. The summed E-state index contributed by atoms with van der Waals surface area (Å²) in [5, 5.41) is 23.5. The van der Waals surface area contributed by atoms with Crippen LogP contribution in [0.25, 0.3) is 0 Å². The third-order valence-corrected chi connectivity index (χ3v) is 9.05. The monoisotopic (exact) mass is 648 g/mol. The molecule has 5 rings (SSSR count). The van der Waals surface area contributed by atoms with Gasteiger partial charge < -0.3 is 31.0 Å². The Hall–Kier alpha value is -4.16. The van der Waals surface area contributed by atoms with E-state index in [0.717, 1.165) is 16.2 Å². The van der Waals surface area contributed by atoms with Crippen LogP contribution < -0.4 is 16.4 Å². The molecule has 1 aromatic heterocycles. The zero-order chi connectivity index (χ0) is 31.9. The van der Waals surface area contributed by atoms with Crippen molar-refractivity contribution in [3.63, 3.8) is 0 Å². The van der Waals surface area contributed by atoms with Gasteiger partial charge in [-0.15, -0.1) is 23.1 Å². The Morgan fingerprint density at radius 2 is 1.98 bits per heavy atom. The molecule has 5 heterocycles. The van der Waals surface area contributed by atoms with Crippen molar-refractivity contribution in [2.45, 2.75) is 56.3 Å². The van der Waals surface area contributed by atoms with Crippen molar-refractivity contribution in [2.75, 3.05) is 31.7 Å². The van der Waals surface area contributed by atoms with Gasteiger partial charge in [0.15, 0.2) is 10.8 Å². The molecule has 0 saturated carbocycles. The molecule has 18 heteroatoms. The maximum atomic E-state index is 13.1. The highest BCUT2D eigenvalue weighted by molar-refractivity contribution is 8.00. The number of nitrogens with two attached hydrogens (primary N) is 1. The Bertz CT molecular complexity index is 1480. The molecule has 236 valence electrons. The molecule has 44 heavy (non-hydrogen) atoms. The van der Waals surface area contributed by atoms with Crippen LogP contribution in [0.2, 0.25) is 0 Å². The van der Waals surface area contributed by atoms with Crippen molar-refractivity contribution in [3.8, 4) is 0 Å². The summed E-state index contributed by atoms with van der Waals surface area (Å²) in [5.74, 6) is -2.65. The molecule has 4 amide bonds. The lowest BCUT2D eigenvalue weighted by Crippen LogP contribution is -2.71. The summed E-state index contributed by atoms with van der Waals surface area (Å²) >= 11 is 2.40. The molecule has 2 unspecified atom stereocenters. The second-order valence-corrected chi connectivity index (χ2v) is 13.2. The number of carboxylic acids is 1. The van der Waals surface area contributed by atoms with Crippen LogP contribution in [0.15, 0.2) is 34.0 Å². The van der Waals surface area contributed by atoms with Crippen LogP contribution in [0.3, 0.4) is 0 Å². The van der Waals surface area contributed by atoms with E-state index in [1.165, 1.54) is 24.3 Å². The summed E-state index contributed by atoms with van der Waals surface area (Å²) < 4.78 is 5.27. The first-order chi connectivity index (χ1) is 20.8. The molecule has 4 aliphatic rings. The van der Waals surface area contributed by atoms with Gasteiger partial charge in [0.2, 0.25) is 0 Å². The number of carbonyl (C=O) groups is 5. The van der Waals surface area contributed by atoms with Crippen LogP contribution >= 0.6 is 23.1 Å². The van der Waals surface area contributed by atoms with Crippen molar-refractivity contribution in [1.29, 1.82) is 0 Å². The van der Waals surface area contributed by atoms with E-state index in [0.29, 0.717) is 25.1 Å². The number of nitrogens with zero attached hydrogens (tertiary/aromatic N) is 5. The second kappa shape index (κ2) is 12.1. The number of anilines is 1. The number of allylic oxidation sites excluding steroid dienone is 1. The van der Waals surface area contributed by atoms with E-state index in [2.05, 4.69) is 20.8 Å². The zero-order valence-electron chi connectivity index (χ0n) is 24.3. The van der Waals surface area contributed by atoms with Crippen molar-refractivity contribution in [1.82, 2.24) is 30.5 Å². The highest BCUT2D eigenvalue weighted by Crippen LogP contribution is 2.41. The predicted molar refractivity (Wildman–Crippen MR) is 159 cm³/mol. The standard InChI is InChI=1S/C26H32N8O8S2/c1-26(2,3)42-25(40)29-14-9-32-8-7-13(34(32)20(14)36)6-5-12-10-43-22-17(21(37)33(22)18(12)23(38)39)30-19(35)16(31-41-4)15-11-44-24(27)28-15/h5-6,11,13-14,17,22H,7-10H2,1-4H3,(H2,27,28)(H,29,40)(H,30,35)(H,38,39)/b6-5+,31-16-/t13?,14?,17-,22-/m1/s1. The van der Waals surface area contributed by atoms with Gasteiger partial charge in [0.05, 0.1) is 6.04 Å². The molecule has 0 bridgehead atoms. The average molecular weight is 649 g/mol. The average Bonchev–Trinajstić information content (AvgIpc) is 3.63. The lowest BCUT2D eigenvalue weighted by Gasteiger charge is -2.49. The van der Waals surface area contributed by atoms with E-state index in [-0.39, 0.29) is 39.9 Å². The number of hydrogen-bond donors (Lipinski definition) is 4. The number of aliphatic carboxylic acids is 1. The molecule has 0 radical (unpaired) electrons. The number of β-lactam (4-membered cyclic amide) rings is 1. The van der Waals surface area contributed by atoms with E-state index in [1.54, 1.807) is 37.9 Å². The molecule has 16 nitrogen and oxygen atoms in total. The number of thiazole rings is 1. The van der Waals surface area contributed by atoms with Gasteiger partial charge in [-0.05, 0) is 32.8 Å². The molecule has 4 aliphatic heterocycles. The summed E-state index contributed by atoms with van der Waals surface area (Å²) in [5.41, 5.74) is 5.17. The van der Waals surface area contributed by atoms with Crippen molar-refractivity contribution >= 4 is 63.7 Å². The Morgan fingerprint density at radius 1 is 1.23 bits per heavy atom. The van der Waals surface area contributed by atoms with Crippen molar-refractivity contribution < 1.29 is 38.7 Å². The first-order valence-corrected chi connectivity index (χ1v) is 15.5. The zero-order valence-corrected chi connectivity index (χ0v) is 25.9. The van der Waals surface area contributed by atoms with Gasteiger partial charge in [0.1, 0.15) is 41.6 Å². The number of amides is 4. The third kappa shape index (κ3) is 6.09. The number of fused-ring (bicyclic) bond motifs is 2. The number of carboxylic acid groups (broad SMARTS) is 1. The van der Waals surface area contributed by atoms with Crippen LogP contribution in [-0.4, -0.2) is 116 Å². The molecule has 5 N–H and O–H groups in total. The van der Waals surface area contributed by atoms with Crippen LogP contribution in [-0.2, 0) is 28.8 Å². The first kappa shape index (κ1) is 31.3. The fraction of sp³-hybridized carbons (Fsp3) is 0.500. The maximum absolute atomic E-state index is 13.1. The Labute approximate surface area is 260 Å². The number of nitrogens with one attached hydrogen (secondary N) is 2. The lowest BCUT2D eigenvalue weighted by atomic mass is 10.0. The summed E-state index contributed by atoms with van der Waals surface area (Å²) in [7, 11) is 1.26. The second-order valence-electron chi connectivity index (χ2n) is 11.2. The summed E-state index contributed by atoms with van der Waals surface area (Å²) in [6.07, 6.45) is 3.29. The van der Waals surface area contributed by atoms with Gasteiger partial charge >= 0.3 is 12.1 Å². The molecule has 3 fully saturated rings. The van der Waals surface area contributed by atoms with Crippen molar-refractivity contribution in [2.24, 2.45) is 5.16 Å². The number of ether oxygens (including phenoxy) is 1. The molecule has 4 atom stereocenters. The molecular weight excluding hydrogens is 616 g/mol. The van der Waals surface area contributed by atoms with E-state index in [9.17, 15) is 29.1 Å². The van der Waals surface area contributed by atoms with Gasteiger partial charge in [-0.2, -0.15) is 0 Å². The van der Waals surface area contributed by atoms with E-state index >= 15 is 0 Å². The minimum atomic E-state index is -1.29. The van der Waals surface area contributed by atoms with Gasteiger partial charge in [-0.3, -0.25) is 24.3 Å². The molecule has 0 aromatic carbocycles. The maximum Gasteiger partial charge on any atom is 0.408 e. The molecule has 0 spiro atoms. The van der Waals surface area contributed by atoms with Crippen LogP contribution in [0.5, 0.6) is 0 Å². The number of alkyl carbamates (subject to hydrolysis) is 1. The largest absolute Gasteiger partial charge is 0.477 e. The smallest absolute Gasteiger partial charge is 0.408 e. The van der Waals surface area contributed by atoms with Gasteiger partial charge in [0.25, 0.3) is 17.7 Å². The summed E-state index contributed by atoms with van der Waals surface area (Å²) in [6.45, 7) is 6.07. The van der Waals surface area contributed by atoms with Gasteiger partial charge in [-0.25, -0.2) is 19.6 Å². The number of hydrazine groups is 1. The van der Waals surface area contributed by atoms with Crippen LogP contribution in [0, 0.1) is 0 Å². The van der Waals surface area contributed by atoms with E-state index in [4.69, 9.17) is 15.3 Å². The number of hydrogen-bond acceptors (Lipinski definition) is 13. The number of carbonyl (C=O) groups excluding carboxylic acids is 4. The molecular formula is C26H32N8O8S2. The Balaban J connectivity index is 1.26. The fourth-order valence-electron chi connectivity index (χ4n) is 5.29. The fourth-order valence-corrected chi connectivity index (χ4v) is 7.15. The van der Waals surface area contributed by atoms with Crippen LogP contribution in [0.4, 0.5) is 9.93 Å². The quantitative estimate of drug-likeness (QED) is 0.168. The highest BCUT2D eigenvalue weighted by Gasteiger charge is 2.54. The first-order valence-electron chi connectivity index (χ1n) is 13.6. The normalized spacial score (nSPS) is 25.6. The molecule has 0 aliphatic carbocycles. The highest BCUT2D eigenvalue weighted by atomic mass is 32.2. The molecule has 3 saturated heterocycles. The van der Waals surface area contributed by atoms with E-state index < -0.39 is 46.9 Å². The summed E-state index contributed by atoms with van der Waals surface area (Å²) in [6, 6.07) is -2.13. The number of oxime groups is 1. The van der Waals surface area contributed by atoms with Gasteiger partial charge in [-0.1, -0.05) is 17.3 Å². The van der Waals surface area contributed by atoms with E-state index in [1.807, 2.05) is 5.01 Å². The Morgan fingerprint density at radius 3 is 2.61 bits per heavy atom. The van der Waals surface area contributed by atoms with Gasteiger partial charge in [0, 0.05) is 24.2 Å². The number of rotatable bonds is 8. The number of thioether (sulfide) groups is 1. The minimum Gasteiger partial charge on any atom is -0.477 e. The number of nitrogen functional groups attached to an aromatic ring is 1. The lowest BCUT2D eigenvalue weighted by molar-refractivity contribution is -0.150. The van der Waals surface area contributed by atoms with Crippen LogP contribution in [0.1, 0.15) is 32.9 Å². The third-order valence-electron chi connectivity index (χ3n) is 7.08. The minimum absolute atomic E-state index is 0.171. The Kier molecular flexibility index (Phi) is 8.59. The summed E-state index contributed by atoms with van der Waals surface area (Å²) in [4.78, 5) is 73.7. The molecule has 1 aromatic rings. The SMILES string of the molecule is CO/N=C(\C(=O)N[C@@H]1C(=O)N2C(C(=O)O)=C(/C=C/C3CCN4CC(NC(=O)OC(C)(C)C)C(=O)N34)CS[C@H]12)c1csc(N)n1. The van der Waals surface area contributed by atoms with Crippen molar-refractivity contribution in [3.05, 3.63) is 34.5 Å². The number of aromatic nitrogens is 1. The topological polar surface area (TPSA) is 209 Å².